The average molecular weight is 262 g/mol. The number of benzene rings is 1. The summed E-state index contributed by atoms with van der Waals surface area (Å²) in [5.74, 6) is -1.56. The van der Waals surface area contributed by atoms with Gasteiger partial charge in [-0.25, -0.2) is 9.37 Å². The molecule has 0 N–H and O–H groups in total. The van der Waals surface area contributed by atoms with Gasteiger partial charge in [0.25, 0.3) is 5.91 Å². The van der Waals surface area contributed by atoms with E-state index in [9.17, 15) is 13.6 Å². The van der Waals surface area contributed by atoms with E-state index in [1.54, 1.807) is 19.1 Å². The number of rotatable bonds is 3. The molecule has 1 aromatic carbocycles. The molecule has 0 fully saturated rings. The molecule has 98 valence electrons. The van der Waals surface area contributed by atoms with E-state index in [1.165, 1.54) is 23.1 Å². The van der Waals surface area contributed by atoms with Crippen molar-refractivity contribution < 1.29 is 13.6 Å². The summed E-state index contributed by atoms with van der Waals surface area (Å²) in [6, 6.07) is 8.44. The smallest absolute Gasteiger partial charge is 0.259 e. The molecule has 0 aliphatic heterocycles. The summed E-state index contributed by atoms with van der Waals surface area (Å²) in [6.45, 7) is 2.04. The Balaban J connectivity index is 2.35. The van der Waals surface area contributed by atoms with Gasteiger partial charge in [0.05, 0.1) is 11.3 Å². The average Bonchev–Trinajstić information content (AvgIpc) is 2.42. The van der Waals surface area contributed by atoms with Gasteiger partial charge in [-0.2, -0.15) is 4.39 Å². The highest BCUT2D eigenvalue weighted by Gasteiger charge is 2.19. The van der Waals surface area contributed by atoms with Crippen molar-refractivity contribution in [3.05, 3.63) is 59.9 Å². The van der Waals surface area contributed by atoms with Crippen LogP contribution in [0.4, 0.5) is 14.5 Å². The van der Waals surface area contributed by atoms with Crippen molar-refractivity contribution in [2.24, 2.45) is 0 Å². The molecule has 0 aliphatic rings. The van der Waals surface area contributed by atoms with Gasteiger partial charge in [-0.05, 0) is 31.2 Å². The number of pyridine rings is 1. The van der Waals surface area contributed by atoms with Crippen LogP contribution in [-0.4, -0.2) is 17.4 Å². The molecule has 0 saturated heterocycles. The fourth-order valence-corrected chi connectivity index (χ4v) is 1.75. The SMILES string of the molecule is CCN(C(=O)c1ccc(F)nc1)c1ccccc1F. The normalized spacial score (nSPS) is 10.3. The van der Waals surface area contributed by atoms with Crippen molar-refractivity contribution >= 4 is 11.6 Å². The van der Waals surface area contributed by atoms with Crippen LogP contribution >= 0.6 is 0 Å². The summed E-state index contributed by atoms with van der Waals surface area (Å²) in [7, 11) is 0. The van der Waals surface area contributed by atoms with Crippen LogP contribution in [0.25, 0.3) is 0 Å². The van der Waals surface area contributed by atoms with E-state index >= 15 is 0 Å². The number of aromatic nitrogens is 1. The van der Waals surface area contributed by atoms with Gasteiger partial charge in [0.15, 0.2) is 0 Å². The van der Waals surface area contributed by atoms with Gasteiger partial charge in [-0.1, -0.05) is 12.1 Å². The Morgan fingerprint density at radius 1 is 1.21 bits per heavy atom. The third kappa shape index (κ3) is 2.76. The van der Waals surface area contributed by atoms with Gasteiger partial charge >= 0.3 is 0 Å². The van der Waals surface area contributed by atoms with E-state index in [4.69, 9.17) is 0 Å². The minimum absolute atomic E-state index is 0.194. The molecular formula is C14H12F2N2O. The van der Waals surface area contributed by atoms with Crippen molar-refractivity contribution in [1.82, 2.24) is 4.98 Å². The zero-order valence-electron chi connectivity index (χ0n) is 10.3. The van der Waals surface area contributed by atoms with Crippen LogP contribution in [0.2, 0.25) is 0 Å². The second-order valence-corrected chi connectivity index (χ2v) is 3.87. The zero-order chi connectivity index (χ0) is 13.8. The number of para-hydroxylation sites is 1. The van der Waals surface area contributed by atoms with Crippen LogP contribution in [0.5, 0.6) is 0 Å². The molecule has 1 amide bonds. The van der Waals surface area contributed by atoms with Crippen LogP contribution in [0.3, 0.4) is 0 Å². The van der Waals surface area contributed by atoms with Crippen molar-refractivity contribution in [1.29, 1.82) is 0 Å². The van der Waals surface area contributed by atoms with E-state index in [2.05, 4.69) is 4.98 Å². The summed E-state index contributed by atoms with van der Waals surface area (Å²) in [4.78, 5) is 16.9. The Bertz CT molecular complexity index is 584. The van der Waals surface area contributed by atoms with Gasteiger partial charge in [-0.15, -0.1) is 0 Å². The van der Waals surface area contributed by atoms with E-state index in [0.717, 1.165) is 12.3 Å². The first kappa shape index (κ1) is 13.1. The number of hydrogen-bond acceptors (Lipinski definition) is 2. The van der Waals surface area contributed by atoms with E-state index in [1.807, 2.05) is 0 Å². The Morgan fingerprint density at radius 3 is 2.53 bits per heavy atom. The van der Waals surface area contributed by atoms with Gasteiger partial charge in [0.1, 0.15) is 5.82 Å². The van der Waals surface area contributed by atoms with E-state index in [-0.39, 0.29) is 11.3 Å². The Morgan fingerprint density at radius 2 is 1.95 bits per heavy atom. The maximum atomic E-state index is 13.7. The summed E-state index contributed by atoms with van der Waals surface area (Å²) in [6.07, 6.45) is 1.14. The third-order valence-corrected chi connectivity index (χ3v) is 2.68. The van der Waals surface area contributed by atoms with Gasteiger partial charge in [0.2, 0.25) is 5.95 Å². The molecule has 0 aliphatic carbocycles. The molecule has 0 spiro atoms. The second kappa shape index (κ2) is 5.56. The van der Waals surface area contributed by atoms with Crippen LogP contribution in [0.15, 0.2) is 42.6 Å². The molecule has 0 unspecified atom stereocenters. The predicted octanol–water partition coefficient (Wildman–Crippen LogP) is 3.03. The summed E-state index contributed by atoms with van der Waals surface area (Å²) in [5.41, 5.74) is 0.408. The molecule has 19 heavy (non-hydrogen) atoms. The third-order valence-electron chi connectivity index (χ3n) is 2.68. The maximum absolute atomic E-state index is 13.7. The number of carbonyl (C=O) groups is 1. The molecular weight excluding hydrogens is 250 g/mol. The van der Waals surface area contributed by atoms with Gasteiger partial charge in [-0.3, -0.25) is 4.79 Å². The molecule has 1 aromatic heterocycles. The Kier molecular flexibility index (Phi) is 3.85. The minimum Gasteiger partial charge on any atom is -0.306 e. The minimum atomic E-state index is -0.662. The van der Waals surface area contributed by atoms with Crippen molar-refractivity contribution in [2.75, 3.05) is 11.4 Å². The van der Waals surface area contributed by atoms with Crippen LogP contribution in [0.1, 0.15) is 17.3 Å². The highest BCUT2D eigenvalue weighted by atomic mass is 19.1. The molecule has 1 heterocycles. The molecule has 0 bridgehead atoms. The molecule has 0 atom stereocenters. The first-order valence-corrected chi connectivity index (χ1v) is 5.81. The summed E-state index contributed by atoms with van der Waals surface area (Å²) >= 11 is 0. The monoisotopic (exact) mass is 262 g/mol. The standard InChI is InChI=1S/C14H12F2N2O/c1-2-18(12-6-4-3-5-11(12)15)14(19)10-7-8-13(16)17-9-10/h3-9H,2H2,1H3. The van der Waals surface area contributed by atoms with Crippen molar-refractivity contribution in [2.45, 2.75) is 6.92 Å². The molecule has 2 aromatic rings. The van der Waals surface area contributed by atoms with Crippen molar-refractivity contribution in [3.8, 4) is 0 Å². The number of amides is 1. The Hall–Kier alpha value is -2.30. The fourth-order valence-electron chi connectivity index (χ4n) is 1.75. The number of nitrogens with zero attached hydrogens (tertiary/aromatic N) is 2. The number of hydrogen-bond donors (Lipinski definition) is 0. The number of anilines is 1. The topological polar surface area (TPSA) is 33.2 Å². The lowest BCUT2D eigenvalue weighted by Gasteiger charge is -2.21. The summed E-state index contributed by atoms with van der Waals surface area (Å²) < 4.78 is 26.4. The molecule has 5 heteroatoms. The van der Waals surface area contributed by atoms with Crippen LogP contribution < -0.4 is 4.90 Å². The first-order chi connectivity index (χ1) is 9.13. The van der Waals surface area contributed by atoms with Crippen molar-refractivity contribution in [3.63, 3.8) is 0 Å². The van der Waals surface area contributed by atoms with Gasteiger partial charge in [0, 0.05) is 12.7 Å². The molecule has 2 rings (SSSR count). The van der Waals surface area contributed by atoms with Gasteiger partial charge < -0.3 is 4.90 Å². The predicted molar refractivity (Wildman–Crippen MR) is 67.9 cm³/mol. The number of halogens is 2. The quantitative estimate of drug-likeness (QED) is 0.796. The number of carbonyl (C=O) groups excluding carboxylic acids is 1. The zero-order valence-corrected chi connectivity index (χ0v) is 10.3. The van der Waals surface area contributed by atoms with E-state index < -0.39 is 17.7 Å². The first-order valence-electron chi connectivity index (χ1n) is 5.81. The maximum Gasteiger partial charge on any atom is 0.259 e. The molecule has 3 nitrogen and oxygen atoms in total. The lowest BCUT2D eigenvalue weighted by atomic mass is 10.2. The fraction of sp³-hybridized carbons (Fsp3) is 0.143. The largest absolute Gasteiger partial charge is 0.306 e. The lowest BCUT2D eigenvalue weighted by molar-refractivity contribution is 0.0987. The molecule has 0 radical (unpaired) electrons. The highest BCUT2D eigenvalue weighted by Crippen LogP contribution is 2.20. The lowest BCUT2D eigenvalue weighted by Crippen LogP contribution is -2.31. The second-order valence-electron chi connectivity index (χ2n) is 3.87. The van der Waals surface area contributed by atoms with Crippen LogP contribution in [-0.2, 0) is 0 Å². The Labute approximate surface area is 109 Å². The van der Waals surface area contributed by atoms with E-state index in [0.29, 0.717) is 6.54 Å². The highest BCUT2D eigenvalue weighted by molar-refractivity contribution is 6.05. The molecule has 0 saturated carbocycles. The summed E-state index contributed by atoms with van der Waals surface area (Å²) in [5, 5.41) is 0. The van der Waals surface area contributed by atoms with Crippen LogP contribution in [0, 0.1) is 11.8 Å².